The van der Waals surface area contributed by atoms with Crippen LogP contribution in [0.1, 0.15) is 12.8 Å². The molecule has 1 aliphatic rings. The topological polar surface area (TPSA) is 32.3 Å². The first-order valence-corrected chi connectivity index (χ1v) is 4.82. The van der Waals surface area contributed by atoms with Crippen LogP contribution in [0.15, 0.2) is 0 Å². The summed E-state index contributed by atoms with van der Waals surface area (Å²) in [6.07, 6.45) is 2.23. The summed E-state index contributed by atoms with van der Waals surface area (Å²) in [5.74, 6) is 0.160. The van der Waals surface area contributed by atoms with Crippen LogP contribution in [0.2, 0.25) is 0 Å². The molecule has 1 rings (SSSR count). The highest BCUT2D eigenvalue weighted by Gasteiger charge is 2.21. The van der Waals surface area contributed by atoms with Crippen molar-refractivity contribution in [3.63, 3.8) is 0 Å². The molecule has 0 unspecified atom stereocenters. The van der Waals surface area contributed by atoms with Crippen molar-refractivity contribution in [1.29, 1.82) is 0 Å². The van der Waals surface area contributed by atoms with E-state index in [1.54, 1.807) is 0 Å². The highest BCUT2D eigenvalue weighted by atomic mass is 35.5. The number of hydrogen-bond acceptors (Lipinski definition) is 2. The number of nitrogens with one attached hydrogen (secondary N) is 1. The molecule has 0 aromatic rings. The second-order valence-electron chi connectivity index (χ2n) is 3.10. The molecule has 1 amide bonds. The van der Waals surface area contributed by atoms with Crippen LogP contribution < -0.4 is 5.32 Å². The van der Waals surface area contributed by atoms with Gasteiger partial charge in [0.15, 0.2) is 0 Å². The van der Waals surface area contributed by atoms with Gasteiger partial charge in [-0.1, -0.05) is 0 Å². The summed E-state index contributed by atoms with van der Waals surface area (Å²) in [4.78, 5) is 13.0. The number of rotatable bonds is 2. The van der Waals surface area contributed by atoms with Gasteiger partial charge >= 0.3 is 0 Å². The highest BCUT2D eigenvalue weighted by molar-refractivity contribution is 6.27. The summed E-state index contributed by atoms with van der Waals surface area (Å²) in [5, 5.41) is 3.18. The Bertz CT molecular complexity index is 163. The Kier molecular flexibility index (Phi) is 3.82. The van der Waals surface area contributed by atoms with Crippen LogP contribution >= 0.6 is 11.6 Å². The molecule has 1 atom stereocenters. The van der Waals surface area contributed by atoms with Gasteiger partial charge in [-0.05, 0) is 19.9 Å². The third kappa shape index (κ3) is 2.35. The number of halogens is 1. The van der Waals surface area contributed by atoms with Crippen molar-refractivity contribution in [3.8, 4) is 0 Å². The number of amides is 1. The van der Waals surface area contributed by atoms with Crippen molar-refractivity contribution in [2.45, 2.75) is 18.9 Å². The maximum absolute atomic E-state index is 11.2. The molecule has 12 heavy (non-hydrogen) atoms. The predicted molar refractivity (Wildman–Crippen MR) is 49.4 cm³/mol. The minimum absolute atomic E-state index is 0.0524. The van der Waals surface area contributed by atoms with Crippen molar-refractivity contribution >= 4 is 17.5 Å². The van der Waals surface area contributed by atoms with Gasteiger partial charge in [0.1, 0.15) is 5.88 Å². The molecule has 0 radical (unpaired) electrons. The Balaban J connectivity index is 2.40. The fourth-order valence-corrected chi connectivity index (χ4v) is 1.69. The molecule has 0 spiro atoms. The SMILES string of the molecule is CN[C@@H]1CCCN(C(=O)CCl)C1. The van der Waals surface area contributed by atoms with E-state index < -0.39 is 0 Å². The molecule has 4 heteroatoms. The van der Waals surface area contributed by atoms with Crippen molar-refractivity contribution in [2.24, 2.45) is 0 Å². The van der Waals surface area contributed by atoms with Crippen molar-refractivity contribution in [1.82, 2.24) is 10.2 Å². The number of likely N-dealkylation sites (tertiary alicyclic amines) is 1. The molecule has 0 bridgehead atoms. The van der Waals surface area contributed by atoms with Gasteiger partial charge in [-0.15, -0.1) is 11.6 Å². The van der Waals surface area contributed by atoms with Gasteiger partial charge < -0.3 is 10.2 Å². The number of carbonyl (C=O) groups is 1. The minimum Gasteiger partial charge on any atom is -0.340 e. The summed E-state index contributed by atoms with van der Waals surface area (Å²) in [6.45, 7) is 1.67. The lowest BCUT2D eigenvalue weighted by Crippen LogP contribution is -2.47. The van der Waals surface area contributed by atoms with Crippen molar-refractivity contribution in [2.75, 3.05) is 26.0 Å². The zero-order valence-electron chi connectivity index (χ0n) is 7.35. The number of nitrogens with zero attached hydrogens (tertiary/aromatic N) is 1. The Morgan fingerprint density at radius 3 is 3.08 bits per heavy atom. The zero-order valence-corrected chi connectivity index (χ0v) is 8.10. The number of carbonyl (C=O) groups excluding carboxylic acids is 1. The predicted octanol–water partition coefficient (Wildman–Crippen LogP) is 0.436. The Hall–Kier alpha value is -0.280. The van der Waals surface area contributed by atoms with Crippen LogP contribution in [0.4, 0.5) is 0 Å². The molecule has 0 aliphatic carbocycles. The van der Waals surface area contributed by atoms with Crippen LogP contribution in [0, 0.1) is 0 Å². The number of likely N-dealkylation sites (N-methyl/N-ethyl adjacent to an activating group) is 1. The Morgan fingerprint density at radius 2 is 2.50 bits per heavy atom. The summed E-state index contributed by atoms with van der Waals surface area (Å²) >= 11 is 5.46. The summed E-state index contributed by atoms with van der Waals surface area (Å²) in [7, 11) is 1.93. The third-order valence-electron chi connectivity index (χ3n) is 2.30. The number of hydrogen-bond donors (Lipinski definition) is 1. The van der Waals surface area contributed by atoms with Crippen molar-refractivity contribution < 1.29 is 4.79 Å². The summed E-state index contributed by atoms with van der Waals surface area (Å²) in [6, 6.07) is 0.450. The van der Waals surface area contributed by atoms with Gasteiger partial charge in [0.05, 0.1) is 0 Å². The zero-order chi connectivity index (χ0) is 8.97. The first-order valence-electron chi connectivity index (χ1n) is 4.29. The van der Waals surface area contributed by atoms with Crippen LogP contribution in [0.5, 0.6) is 0 Å². The minimum atomic E-state index is 0.0524. The molecular formula is C8H15ClN2O. The average molecular weight is 191 g/mol. The van der Waals surface area contributed by atoms with Crippen LogP contribution in [-0.4, -0.2) is 42.9 Å². The molecule has 70 valence electrons. The third-order valence-corrected chi connectivity index (χ3v) is 2.53. The van der Waals surface area contributed by atoms with Crippen LogP contribution in [0.25, 0.3) is 0 Å². The van der Waals surface area contributed by atoms with Crippen LogP contribution in [0.3, 0.4) is 0 Å². The number of piperidine rings is 1. The quantitative estimate of drug-likeness (QED) is 0.641. The molecule has 0 saturated carbocycles. The van der Waals surface area contributed by atoms with Gasteiger partial charge in [0.2, 0.25) is 5.91 Å². The summed E-state index contributed by atoms with van der Waals surface area (Å²) < 4.78 is 0. The molecular weight excluding hydrogens is 176 g/mol. The van der Waals surface area contributed by atoms with Gasteiger partial charge in [-0.3, -0.25) is 4.79 Å². The average Bonchev–Trinajstić information content (AvgIpc) is 2.17. The van der Waals surface area contributed by atoms with Gasteiger partial charge in [-0.25, -0.2) is 0 Å². The fourth-order valence-electron chi connectivity index (χ4n) is 1.52. The molecule has 1 N–H and O–H groups in total. The van der Waals surface area contributed by atoms with Gasteiger partial charge in [0.25, 0.3) is 0 Å². The molecule has 0 aromatic heterocycles. The maximum atomic E-state index is 11.2. The molecule has 1 aliphatic heterocycles. The molecule has 3 nitrogen and oxygen atoms in total. The lowest BCUT2D eigenvalue weighted by molar-refractivity contribution is -0.129. The lowest BCUT2D eigenvalue weighted by atomic mass is 10.1. The lowest BCUT2D eigenvalue weighted by Gasteiger charge is -2.32. The molecule has 1 heterocycles. The smallest absolute Gasteiger partial charge is 0.237 e. The van der Waals surface area contributed by atoms with E-state index in [0.717, 1.165) is 25.9 Å². The Morgan fingerprint density at radius 1 is 1.75 bits per heavy atom. The largest absolute Gasteiger partial charge is 0.340 e. The van der Waals surface area contributed by atoms with E-state index in [9.17, 15) is 4.79 Å². The fraction of sp³-hybridized carbons (Fsp3) is 0.875. The van der Waals surface area contributed by atoms with E-state index in [0.29, 0.717) is 6.04 Å². The first-order chi connectivity index (χ1) is 5.77. The standard InChI is InChI=1S/C8H15ClN2O/c1-10-7-3-2-4-11(6-7)8(12)5-9/h7,10H,2-6H2,1H3/t7-/m1/s1. The number of alkyl halides is 1. The van der Waals surface area contributed by atoms with Crippen molar-refractivity contribution in [3.05, 3.63) is 0 Å². The highest BCUT2D eigenvalue weighted by Crippen LogP contribution is 2.09. The maximum Gasteiger partial charge on any atom is 0.237 e. The normalized spacial score (nSPS) is 24.2. The van der Waals surface area contributed by atoms with E-state index in [2.05, 4.69) is 5.32 Å². The molecule has 1 fully saturated rings. The molecule has 1 saturated heterocycles. The van der Waals surface area contributed by atoms with Gasteiger partial charge in [-0.2, -0.15) is 0 Å². The van der Waals surface area contributed by atoms with E-state index in [1.165, 1.54) is 0 Å². The first kappa shape index (κ1) is 9.81. The van der Waals surface area contributed by atoms with Gasteiger partial charge in [0, 0.05) is 19.1 Å². The molecule has 0 aromatic carbocycles. The van der Waals surface area contributed by atoms with Crippen LogP contribution in [-0.2, 0) is 4.79 Å². The van der Waals surface area contributed by atoms with E-state index in [-0.39, 0.29) is 11.8 Å². The monoisotopic (exact) mass is 190 g/mol. The van der Waals surface area contributed by atoms with E-state index >= 15 is 0 Å². The Labute approximate surface area is 78.1 Å². The van der Waals surface area contributed by atoms with E-state index in [1.807, 2.05) is 11.9 Å². The second kappa shape index (κ2) is 4.67. The van der Waals surface area contributed by atoms with E-state index in [4.69, 9.17) is 11.6 Å². The second-order valence-corrected chi connectivity index (χ2v) is 3.37. The summed E-state index contributed by atoms with van der Waals surface area (Å²) in [5.41, 5.74) is 0.